The Labute approximate surface area is 168 Å². The molecule has 0 spiro atoms. The van der Waals surface area contributed by atoms with Gasteiger partial charge in [0.15, 0.2) is 0 Å². The Morgan fingerprint density at radius 2 is 1.86 bits per heavy atom. The van der Waals surface area contributed by atoms with Crippen molar-refractivity contribution in [2.75, 3.05) is 18.4 Å². The van der Waals surface area contributed by atoms with Crippen molar-refractivity contribution in [3.05, 3.63) is 52.6 Å². The molecular formula is C17H17BrF3N3O3S. The molecule has 1 aromatic heterocycles. The van der Waals surface area contributed by atoms with E-state index in [1.807, 2.05) is 0 Å². The lowest BCUT2D eigenvalue weighted by molar-refractivity contribution is -0.137. The van der Waals surface area contributed by atoms with Crippen LogP contribution in [0.25, 0.3) is 0 Å². The van der Waals surface area contributed by atoms with E-state index >= 15 is 0 Å². The first-order valence-corrected chi connectivity index (χ1v) is 10.5. The van der Waals surface area contributed by atoms with E-state index in [1.54, 1.807) is 12.1 Å². The maximum Gasteiger partial charge on any atom is 0.417 e. The van der Waals surface area contributed by atoms with E-state index in [-0.39, 0.29) is 30.2 Å². The van der Waals surface area contributed by atoms with Crippen molar-refractivity contribution in [2.45, 2.75) is 29.6 Å². The maximum atomic E-state index is 12.7. The van der Waals surface area contributed by atoms with E-state index in [9.17, 15) is 26.7 Å². The Morgan fingerprint density at radius 3 is 2.39 bits per heavy atom. The number of sulfonamides is 1. The second-order valence-corrected chi connectivity index (χ2v) is 9.21. The average Bonchev–Trinajstić information content (AvgIpc) is 2.63. The molecule has 1 fully saturated rings. The summed E-state index contributed by atoms with van der Waals surface area (Å²) < 4.78 is 65.1. The first-order valence-electron chi connectivity index (χ1n) is 8.31. The SMILES string of the molecule is O=S(=O)(c1ccc(Br)cc1)N1CC[C@@H](Nc2ccc(C(F)(F)F)cn2)[C@@H](O)C1. The second kappa shape index (κ2) is 7.97. The van der Waals surface area contributed by atoms with Crippen LogP contribution in [-0.4, -0.2) is 48.0 Å². The quantitative estimate of drug-likeness (QED) is 0.703. The minimum atomic E-state index is -4.47. The number of benzene rings is 1. The van der Waals surface area contributed by atoms with Crippen molar-refractivity contribution in [2.24, 2.45) is 0 Å². The molecule has 2 atom stereocenters. The molecular weight excluding hydrogens is 463 g/mol. The van der Waals surface area contributed by atoms with Gasteiger partial charge in [0.25, 0.3) is 0 Å². The number of piperidine rings is 1. The molecule has 28 heavy (non-hydrogen) atoms. The number of β-amino-alcohol motifs (C(OH)–C–C–N with tert-alkyl or cyclic N) is 1. The molecule has 2 heterocycles. The summed E-state index contributed by atoms with van der Waals surface area (Å²) in [5.74, 6) is 0.182. The van der Waals surface area contributed by atoms with Crippen LogP contribution in [0.2, 0.25) is 0 Å². The largest absolute Gasteiger partial charge is 0.417 e. The van der Waals surface area contributed by atoms with Crippen LogP contribution in [-0.2, 0) is 16.2 Å². The Morgan fingerprint density at radius 1 is 1.18 bits per heavy atom. The van der Waals surface area contributed by atoms with Crippen LogP contribution >= 0.6 is 15.9 Å². The van der Waals surface area contributed by atoms with Crippen LogP contribution < -0.4 is 5.32 Å². The Hall–Kier alpha value is -1.69. The molecule has 3 rings (SSSR count). The fraction of sp³-hybridized carbons (Fsp3) is 0.353. The van der Waals surface area contributed by atoms with Crippen LogP contribution in [0.4, 0.5) is 19.0 Å². The molecule has 1 aliphatic rings. The van der Waals surface area contributed by atoms with Crippen molar-refractivity contribution in [1.29, 1.82) is 0 Å². The zero-order chi connectivity index (χ0) is 20.5. The average molecular weight is 480 g/mol. The van der Waals surface area contributed by atoms with Gasteiger partial charge in [-0.2, -0.15) is 17.5 Å². The van der Waals surface area contributed by atoms with Gasteiger partial charge in [-0.1, -0.05) is 15.9 Å². The van der Waals surface area contributed by atoms with E-state index in [2.05, 4.69) is 26.2 Å². The van der Waals surface area contributed by atoms with Gasteiger partial charge in [-0.25, -0.2) is 13.4 Å². The van der Waals surface area contributed by atoms with Crippen LogP contribution in [0.5, 0.6) is 0 Å². The molecule has 0 unspecified atom stereocenters. The number of aliphatic hydroxyl groups excluding tert-OH is 1. The Kier molecular flexibility index (Phi) is 5.99. The molecule has 1 saturated heterocycles. The van der Waals surface area contributed by atoms with E-state index in [0.717, 1.165) is 10.5 Å². The molecule has 6 nitrogen and oxygen atoms in total. The standard InChI is InChI=1S/C17H17BrF3N3O3S/c18-12-2-4-13(5-3-12)28(26,27)24-8-7-14(15(25)10-24)23-16-6-1-11(9-22-16)17(19,20)21/h1-6,9,14-15,25H,7-8,10H2,(H,22,23)/t14-,15+/m1/s1. The van der Waals surface area contributed by atoms with Gasteiger partial charge in [0, 0.05) is 23.8 Å². The molecule has 0 bridgehead atoms. The highest BCUT2D eigenvalue weighted by molar-refractivity contribution is 9.10. The number of anilines is 1. The number of nitrogens with zero attached hydrogens (tertiary/aromatic N) is 2. The number of nitrogens with one attached hydrogen (secondary N) is 1. The second-order valence-electron chi connectivity index (χ2n) is 6.35. The number of aliphatic hydroxyl groups is 1. The summed E-state index contributed by atoms with van der Waals surface area (Å²) in [4.78, 5) is 3.84. The topological polar surface area (TPSA) is 82.5 Å². The lowest BCUT2D eigenvalue weighted by atomic mass is 10.0. The molecule has 0 saturated carbocycles. The molecule has 11 heteroatoms. The number of alkyl halides is 3. The predicted octanol–water partition coefficient (Wildman–Crippen LogP) is 3.10. The normalized spacial score (nSPS) is 21.5. The summed E-state index contributed by atoms with van der Waals surface area (Å²) in [6.07, 6.45) is -4.53. The Bertz CT molecular complexity index is 921. The smallest absolute Gasteiger partial charge is 0.390 e. The minimum Gasteiger partial charge on any atom is -0.390 e. The fourth-order valence-electron chi connectivity index (χ4n) is 2.88. The van der Waals surface area contributed by atoms with E-state index in [4.69, 9.17) is 0 Å². The van der Waals surface area contributed by atoms with E-state index < -0.39 is 33.9 Å². The minimum absolute atomic E-state index is 0.124. The molecule has 0 aliphatic carbocycles. The highest BCUT2D eigenvalue weighted by Crippen LogP contribution is 2.29. The van der Waals surface area contributed by atoms with Crippen LogP contribution in [0, 0.1) is 0 Å². The fourth-order valence-corrected chi connectivity index (χ4v) is 4.62. The zero-order valence-electron chi connectivity index (χ0n) is 14.4. The van der Waals surface area contributed by atoms with Gasteiger partial charge in [-0.3, -0.25) is 0 Å². The summed E-state index contributed by atoms with van der Waals surface area (Å²) in [5, 5.41) is 13.2. The molecule has 1 aromatic carbocycles. The third-order valence-corrected chi connectivity index (χ3v) is 6.83. The van der Waals surface area contributed by atoms with Crippen molar-refractivity contribution in [3.63, 3.8) is 0 Å². The lowest BCUT2D eigenvalue weighted by Gasteiger charge is -2.35. The van der Waals surface area contributed by atoms with Crippen molar-refractivity contribution >= 4 is 31.8 Å². The van der Waals surface area contributed by atoms with Gasteiger partial charge < -0.3 is 10.4 Å². The van der Waals surface area contributed by atoms with Gasteiger partial charge in [-0.15, -0.1) is 0 Å². The molecule has 1 aliphatic heterocycles. The monoisotopic (exact) mass is 479 g/mol. The van der Waals surface area contributed by atoms with Gasteiger partial charge >= 0.3 is 6.18 Å². The number of pyridine rings is 1. The van der Waals surface area contributed by atoms with Gasteiger partial charge in [0.1, 0.15) is 5.82 Å². The molecule has 152 valence electrons. The van der Waals surface area contributed by atoms with Gasteiger partial charge in [0.2, 0.25) is 10.0 Å². The van der Waals surface area contributed by atoms with Crippen molar-refractivity contribution in [3.8, 4) is 0 Å². The van der Waals surface area contributed by atoms with Crippen molar-refractivity contribution < 1.29 is 26.7 Å². The molecule has 0 radical (unpaired) electrons. The number of hydrogen-bond acceptors (Lipinski definition) is 5. The number of rotatable bonds is 4. The van der Waals surface area contributed by atoms with Gasteiger partial charge in [0.05, 0.1) is 22.6 Å². The van der Waals surface area contributed by atoms with Crippen LogP contribution in [0.3, 0.4) is 0 Å². The summed E-state index contributed by atoms with van der Waals surface area (Å²) in [6.45, 7) is 0.0322. The van der Waals surface area contributed by atoms with Gasteiger partial charge in [-0.05, 0) is 42.8 Å². The highest BCUT2D eigenvalue weighted by atomic mass is 79.9. The van der Waals surface area contributed by atoms with Crippen LogP contribution in [0.15, 0.2) is 52.0 Å². The summed E-state index contributed by atoms with van der Waals surface area (Å²) in [5.41, 5.74) is -0.867. The van der Waals surface area contributed by atoms with E-state index in [0.29, 0.717) is 6.20 Å². The summed E-state index contributed by atoms with van der Waals surface area (Å²) in [6, 6.07) is 7.74. The molecule has 2 N–H and O–H groups in total. The lowest BCUT2D eigenvalue weighted by Crippen LogP contribution is -2.51. The highest BCUT2D eigenvalue weighted by Gasteiger charge is 2.35. The number of hydrogen-bond donors (Lipinski definition) is 2. The number of aromatic nitrogens is 1. The van der Waals surface area contributed by atoms with Crippen LogP contribution in [0.1, 0.15) is 12.0 Å². The zero-order valence-corrected chi connectivity index (χ0v) is 16.8. The summed E-state index contributed by atoms with van der Waals surface area (Å²) >= 11 is 3.25. The molecule has 0 amide bonds. The Balaban J connectivity index is 1.66. The summed E-state index contributed by atoms with van der Waals surface area (Å²) in [7, 11) is -3.75. The first-order chi connectivity index (χ1) is 13.1. The third kappa shape index (κ3) is 4.65. The first kappa shape index (κ1) is 21.0. The molecule has 2 aromatic rings. The predicted molar refractivity (Wildman–Crippen MR) is 100 cm³/mol. The number of halogens is 4. The maximum absolute atomic E-state index is 12.7. The third-order valence-electron chi connectivity index (χ3n) is 4.42. The van der Waals surface area contributed by atoms with Crippen molar-refractivity contribution in [1.82, 2.24) is 9.29 Å². The van der Waals surface area contributed by atoms with E-state index in [1.165, 1.54) is 22.5 Å².